The fraction of sp³-hybridized carbons (Fsp3) is 0.250. The van der Waals surface area contributed by atoms with Crippen molar-refractivity contribution in [3.63, 3.8) is 0 Å². The first-order valence-corrected chi connectivity index (χ1v) is 5.97. The number of hydrogen-bond donors (Lipinski definition) is 3. The van der Waals surface area contributed by atoms with E-state index >= 15 is 0 Å². The molecule has 19 heavy (non-hydrogen) atoms. The Labute approximate surface area is 109 Å². The third-order valence-electron chi connectivity index (χ3n) is 2.78. The molecule has 0 radical (unpaired) electrons. The van der Waals surface area contributed by atoms with Crippen molar-refractivity contribution < 1.29 is 4.42 Å². The Bertz CT molecular complexity index is 639. The Hall–Kier alpha value is -2.41. The normalized spacial score (nSPS) is 11.0. The van der Waals surface area contributed by atoms with Gasteiger partial charge in [0.05, 0.1) is 12.7 Å². The van der Waals surface area contributed by atoms with Crippen LogP contribution >= 0.6 is 0 Å². The van der Waals surface area contributed by atoms with Crippen molar-refractivity contribution in [1.82, 2.24) is 30.7 Å². The highest BCUT2D eigenvalue weighted by atomic mass is 16.3. The minimum atomic E-state index is 0.627. The van der Waals surface area contributed by atoms with E-state index in [9.17, 15) is 0 Å². The average Bonchev–Trinajstić information content (AvgIpc) is 3.10. The van der Waals surface area contributed by atoms with E-state index < -0.39 is 0 Å². The SMILES string of the molecule is Cc1ccc(-c2[nH]ncc2CNCc2ncn[nH]2)o1. The van der Waals surface area contributed by atoms with E-state index in [1.54, 1.807) is 6.20 Å². The van der Waals surface area contributed by atoms with E-state index in [0.717, 1.165) is 28.6 Å². The molecule has 0 atom stereocenters. The average molecular weight is 258 g/mol. The predicted octanol–water partition coefficient (Wildman–Crippen LogP) is 1.39. The van der Waals surface area contributed by atoms with Gasteiger partial charge in [-0.2, -0.15) is 10.2 Å². The lowest BCUT2D eigenvalue weighted by molar-refractivity contribution is 0.545. The van der Waals surface area contributed by atoms with Crippen LogP contribution in [0.5, 0.6) is 0 Å². The molecule has 0 saturated carbocycles. The van der Waals surface area contributed by atoms with Crippen LogP contribution in [0.2, 0.25) is 0 Å². The van der Waals surface area contributed by atoms with Gasteiger partial charge in [0.2, 0.25) is 0 Å². The summed E-state index contributed by atoms with van der Waals surface area (Å²) >= 11 is 0. The van der Waals surface area contributed by atoms with Crippen molar-refractivity contribution in [2.24, 2.45) is 0 Å². The van der Waals surface area contributed by atoms with Crippen molar-refractivity contribution >= 4 is 0 Å². The van der Waals surface area contributed by atoms with Gasteiger partial charge in [0.15, 0.2) is 5.76 Å². The molecule has 0 unspecified atom stereocenters. The van der Waals surface area contributed by atoms with Crippen LogP contribution in [-0.4, -0.2) is 25.4 Å². The summed E-state index contributed by atoms with van der Waals surface area (Å²) in [7, 11) is 0. The largest absolute Gasteiger partial charge is 0.460 e. The van der Waals surface area contributed by atoms with Crippen molar-refractivity contribution in [2.75, 3.05) is 0 Å². The maximum absolute atomic E-state index is 5.59. The first-order valence-electron chi connectivity index (χ1n) is 5.97. The molecular formula is C12H14N6O. The molecule has 98 valence electrons. The van der Waals surface area contributed by atoms with E-state index in [2.05, 4.69) is 30.7 Å². The summed E-state index contributed by atoms with van der Waals surface area (Å²) in [6.45, 7) is 3.22. The molecule has 0 aliphatic heterocycles. The van der Waals surface area contributed by atoms with Gasteiger partial charge < -0.3 is 9.73 Å². The highest BCUT2D eigenvalue weighted by Gasteiger charge is 2.10. The standard InChI is InChI=1S/C12H14N6O/c1-8-2-3-10(19-8)12-9(5-15-18-12)4-13-6-11-14-7-16-17-11/h2-3,5,7,13H,4,6H2,1H3,(H,15,18)(H,14,16,17). The third-order valence-corrected chi connectivity index (χ3v) is 2.78. The smallest absolute Gasteiger partial charge is 0.152 e. The minimum absolute atomic E-state index is 0.627. The van der Waals surface area contributed by atoms with Crippen molar-refractivity contribution in [3.8, 4) is 11.5 Å². The summed E-state index contributed by atoms with van der Waals surface area (Å²) < 4.78 is 5.59. The Morgan fingerprint density at radius 3 is 2.89 bits per heavy atom. The molecule has 0 bridgehead atoms. The van der Waals surface area contributed by atoms with E-state index in [0.29, 0.717) is 13.1 Å². The van der Waals surface area contributed by atoms with E-state index in [4.69, 9.17) is 4.42 Å². The number of aromatic nitrogens is 5. The van der Waals surface area contributed by atoms with Crippen LogP contribution in [-0.2, 0) is 13.1 Å². The van der Waals surface area contributed by atoms with Crippen molar-refractivity contribution in [3.05, 3.63) is 41.8 Å². The van der Waals surface area contributed by atoms with E-state index in [-0.39, 0.29) is 0 Å². The molecule has 0 aliphatic carbocycles. The van der Waals surface area contributed by atoms with Gasteiger partial charge in [0.25, 0.3) is 0 Å². The van der Waals surface area contributed by atoms with Gasteiger partial charge in [-0.05, 0) is 19.1 Å². The van der Waals surface area contributed by atoms with E-state index in [1.807, 2.05) is 19.1 Å². The molecule has 3 heterocycles. The number of aryl methyl sites for hydroxylation is 1. The van der Waals surface area contributed by atoms with Crippen LogP contribution < -0.4 is 5.32 Å². The number of rotatable bonds is 5. The maximum Gasteiger partial charge on any atom is 0.152 e. The zero-order valence-corrected chi connectivity index (χ0v) is 10.5. The number of H-pyrrole nitrogens is 2. The van der Waals surface area contributed by atoms with Gasteiger partial charge in [-0.1, -0.05) is 0 Å². The van der Waals surface area contributed by atoms with Crippen LogP contribution in [0.4, 0.5) is 0 Å². The molecule has 3 aromatic rings. The predicted molar refractivity (Wildman–Crippen MR) is 68.0 cm³/mol. The number of nitrogens with zero attached hydrogens (tertiary/aromatic N) is 3. The first-order chi connectivity index (χ1) is 9.33. The Morgan fingerprint density at radius 2 is 2.16 bits per heavy atom. The molecule has 0 amide bonds. The molecule has 0 fully saturated rings. The summed E-state index contributed by atoms with van der Waals surface area (Å²) in [6, 6.07) is 3.87. The van der Waals surface area contributed by atoms with E-state index in [1.165, 1.54) is 6.33 Å². The molecular weight excluding hydrogens is 244 g/mol. The molecule has 7 nitrogen and oxygen atoms in total. The quantitative estimate of drug-likeness (QED) is 0.642. The molecule has 0 aliphatic rings. The molecule has 0 aromatic carbocycles. The van der Waals surface area contributed by atoms with Crippen LogP contribution in [0.1, 0.15) is 17.1 Å². The van der Waals surface area contributed by atoms with Gasteiger partial charge in [0, 0.05) is 12.1 Å². The monoisotopic (exact) mass is 258 g/mol. The second kappa shape index (κ2) is 5.07. The highest BCUT2D eigenvalue weighted by molar-refractivity contribution is 5.56. The van der Waals surface area contributed by atoms with Gasteiger partial charge in [-0.15, -0.1) is 0 Å². The lowest BCUT2D eigenvalue weighted by Gasteiger charge is -2.02. The van der Waals surface area contributed by atoms with Gasteiger partial charge in [0.1, 0.15) is 23.6 Å². The molecule has 3 N–H and O–H groups in total. The van der Waals surface area contributed by atoms with Gasteiger partial charge in [-0.25, -0.2) is 4.98 Å². The van der Waals surface area contributed by atoms with Crippen molar-refractivity contribution in [1.29, 1.82) is 0 Å². The summed E-state index contributed by atoms with van der Waals surface area (Å²) in [6.07, 6.45) is 3.28. The lowest BCUT2D eigenvalue weighted by atomic mass is 10.2. The zero-order chi connectivity index (χ0) is 13.1. The highest BCUT2D eigenvalue weighted by Crippen LogP contribution is 2.23. The fourth-order valence-corrected chi connectivity index (χ4v) is 1.86. The second-order valence-electron chi connectivity index (χ2n) is 4.22. The van der Waals surface area contributed by atoms with Crippen LogP contribution in [0.15, 0.2) is 29.1 Å². The fourth-order valence-electron chi connectivity index (χ4n) is 1.86. The first kappa shape index (κ1) is 11.7. The molecule has 3 rings (SSSR count). The minimum Gasteiger partial charge on any atom is -0.460 e. The second-order valence-corrected chi connectivity index (χ2v) is 4.22. The Morgan fingerprint density at radius 1 is 1.21 bits per heavy atom. The zero-order valence-electron chi connectivity index (χ0n) is 10.5. The molecule has 3 aromatic heterocycles. The van der Waals surface area contributed by atoms with Crippen molar-refractivity contribution in [2.45, 2.75) is 20.0 Å². The molecule has 0 saturated heterocycles. The summed E-state index contributed by atoms with van der Waals surface area (Å²) in [4.78, 5) is 4.05. The number of nitrogens with one attached hydrogen (secondary N) is 3. The molecule has 7 heteroatoms. The Kier molecular flexibility index (Phi) is 3.11. The van der Waals surface area contributed by atoms with Gasteiger partial charge in [-0.3, -0.25) is 10.2 Å². The topological polar surface area (TPSA) is 95.4 Å². The van der Waals surface area contributed by atoms with Gasteiger partial charge >= 0.3 is 0 Å². The summed E-state index contributed by atoms with van der Waals surface area (Å²) in [5.41, 5.74) is 1.95. The van der Waals surface area contributed by atoms with Crippen LogP contribution in [0.3, 0.4) is 0 Å². The number of aromatic amines is 2. The lowest BCUT2D eigenvalue weighted by Crippen LogP contribution is -2.13. The number of hydrogen-bond acceptors (Lipinski definition) is 5. The summed E-state index contributed by atoms with van der Waals surface area (Å²) in [5.74, 6) is 2.48. The van der Waals surface area contributed by atoms with Crippen LogP contribution in [0.25, 0.3) is 11.5 Å². The third kappa shape index (κ3) is 2.55. The summed E-state index contributed by atoms with van der Waals surface area (Å²) in [5, 5.41) is 16.9. The molecule has 0 spiro atoms. The van der Waals surface area contributed by atoms with Crippen LogP contribution in [0, 0.1) is 6.92 Å². The maximum atomic E-state index is 5.59. The number of furan rings is 1. The Balaban J connectivity index is 1.67.